The van der Waals surface area contributed by atoms with E-state index in [0.29, 0.717) is 18.2 Å². The van der Waals surface area contributed by atoms with Crippen LogP contribution in [-0.4, -0.2) is 39.0 Å². The molecular weight excluding hydrogens is 340 g/mol. The summed E-state index contributed by atoms with van der Waals surface area (Å²) in [6, 6.07) is 3.57. The van der Waals surface area contributed by atoms with Gasteiger partial charge in [-0.2, -0.15) is 5.10 Å². The predicted molar refractivity (Wildman–Crippen MR) is 96.5 cm³/mol. The minimum Gasteiger partial charge on any atom is -0.354 e. The van der Waals surface area contributed by atoms with E-state index in [1.165, 1.54) is 0 Å². The second-order valence-corrected chi connectivity index (χ2v) is 6.88. The Labute approximate surface area is 152 Å². The van der Waals surface area contributed by atoms with E-state index in [1.54, 1.807) is 6.07 Å². The maximum Gasteiger partial charge on any atom is 0.225 e. The number of nitrogens with zero attached hydrogens (tertiary/aromatic N) is 5. The molecule has 1 N–H and O–H groups in total. The van der Waals surface area contributed by atoms with Gasteiger partial charge in [0.05, 0.1) is 11.6 Å². The smallest absolute Gasteiger partial charge is 0.225 e. The van der Waals surface area contributed by atoms with Gasteiger partial charge < -0.3 is 10.2 Å². The van der Waals surface area contributed by atoms with E-state index in [-0.39, 0.29) is 11.8 Å². The Kier molecular flexibility index (Phi) is 5.22. The number of amides is 1. The Morgan fingerprint density at radius 1 is 1.36 bits per heavy atom. The molecule has 3 rings (SSSR count). The summed E-state index contributed by atoms with van der Waals surface area (Å²) in [6.45, 7) is 6.02. The first kappa shape index (κ1) is 17.7. The van der Waals surface area contributed by atoms with Crippen molar-refractivity contribution in [3.63, 3.8) is 0 Å². The second-order valence-electron chi connectivity index (χ2n) is 6.49. The molecule has 8 heteroatoms. The average Bonchev–Trinajstić information content (AvgIpc) is 2.85. The van der Waals surface area contributed by atoms with E-state index in [2.05, 4.69) is 25.5 Å². The van der Waals surface area contributed by atoms with Crippen LogP contribution < -0.4 is 10.2 Å². The van der Waals surface area contributed by atoms with E-state index in [9.17, 15) is 4.79 Å². The Morgan fingerprint density at radius 2 is 2.16 bits per heavy atom. The van der Waals surface area contributed by atoms with Crippen LogP contribution in [0.15, 0.2) is 12.1 Å². The zero-order valence-corrected chi connectivity index (χ0v) is 15.5. The molecular formula is C17H23ClN6O. The third-order valence-corrected chi connectivity index (χ3v) is 5.03. The maximum atomic E-state index is 12.6. The van der Waals surface area contributed by atoms with Crippen molar-refractivity contribution in [3.8, 4) is 0 Å². The molecule has 0 bridgehead atoms. The monoisotopic (exact) mass is 362 g/mol. The molecule has 0 saturated carbocycles. The summed E-state index contributed by atoms with van der Waals surface area (Å²) < 4.78 is 1.85. The van der Waals surface area contributed by atoms with Crippen LogP contribution in [0.4, 0.5) is 5.82 Å². The van der Waals surface area contributed by atoms with E-state index < -0.39 is 0 Å². The highest BCUT2D eigenvalue weighted by Crippen LogP contribution is 2.22. The highest BCUT2D eigenvalue weighted by atomic mass is 35.5. The number of carbonyl (C=O) groups is 1. The molecule has 1 aliphatic heterocycles. The summed E-state index contributed by atoms with van der Waals surface area (Å²) in [5.41, 5.74) is 3.13. The molecule has 3 heterocycles. The number of hydrogen-bond donors (Lipinski definition) is 1. The molecule has 2 aromatic rings. The minimum absolute atomic E-state index is 0.0523. The fraction of sp³-hybridized carbons (Fsp3) is 0.529. The van der Waals surface area contributed by atoms with Gasteiger partial charge >= 0.3 is 0 Å². The summed E-state index contributed by atoms with van der Waals surface area (Å²) in [4.78, 5) is 14.7. The zero-order valence-electron chi connectivity index (χ0n) is 14.8. The van der Waals surface area contributed by atoms with Crippen molar-refractivity contribution in [2.75, 3.05) is 18.0 Å². The lowest BCUT2D eigenvalue weighted by atomic mass is 9.97. The van der Waals surface area contributed by atoms with Crippen molar-refractivity contribution in [1.29, 1.82) is 0 Å². The van der Waals surface area contributed by atoms with Crippen molar-refractivity contribution in [1.82, 2.24) is 25.3 Å². The molecule has 0 unspecified atom stereocenters. The third kappa shape index (κ3) is 3.92. The lowest BCUT2D eigenvalue weighted by molar-refractivity contribution is -0.125. The second kappa shape index (κ2) is 7.39. The number of piperidine rings is 1. The highest BCUT2D eigenvalue weighted by molar-refractivity contribution is 6.29. The van der Waals surface area contributed by atoms with Gasteiger partial charge in [-0.05, 0) is 38.8 Å². The number of carbonyl (C=O) groups excluding carboxylic acids is 1. The molecule has 25 heavy (non-hydrogen) atoms. The SMILES string of the molecule is Cc1nn(C)c(C)c1CNC(=O)[C@@H]1CCCN(c2ccc(Cl)nn2)C1. The lowest BCUT2D eigenvalue weighted by Crippen LogP contribution is -2.43. The average molecular weight is 363 g/mol. The van der Waals surface area contributed by atoms with Crippen molar-refractivity contribution in [2.45, 2.75) is 33.2 Å². The number of halogens is 1. The Bertz CT molecular complexity index is 757. The van der Waals surface area contributed by atoms with Crippen LogP contribution >= 0.6 is 11.6 Å². The fourth-order valence-electron chi connectivity index (χ4n) is 3.27. The van der Waals surface area contributed by atoms with E-state index in [4.69, 9.17) is 11.6 Å². The molecule has 0 aromatic carbocycles. The van der Waals surface area contributed by atoms with Crippen LogP contribution in [0, 0.1) is 19.8 Å². The van der Waals surface area contributed by atoms with E-state index in [1.807, 2.05) is 31.6 Å². The summed E-state index contributed by atoms with van der Waals surface area (Å²) in [5.74, 6) is 0.790. The van der Waals surface area contributed by atoms with Crippen molar-refractivity contribution < 1.29 is 4.79 Å². The van der Waals surface area contributed by atoms with Crippen LogP contribution in [0.3, 0.4) is 0 Å². The van der Waals surface area contributed by atoms with E-state index >= 15 is 0 Å². The van der Waals surface area contributed by atoms with Gasteiger partial charge in [-0.15, -0.1) is 10.2 Å². The van der Waals surface area contributed by atoms with Crippen LogP contribution in [0.25, 0.3) is 0 Å². The van der Waals surface area contributed by atoms with Gasteiger partial charge in [-0.1, -0.05) is 11.6 Å². The van der Waals surface area contributed by atoms with Gasteiger partial charge in [0.2, 0.25) is 5.91 Å². The molecule has 1 aliphatic rings. The Balaban J connectivity index is 1.61. The van der Waals surface area contributed by atoms with Crippen LogP contribution in [0.1, 0.15) is 29.8 Å². The molecule has 1 saturated heterocycles. The topological polar surface area (TPSA) is 75.9 Å². The zero-order chi connectivity index (χ0) is 18.0. The Morgan fingerprint density at radius 3 is 2.80 bits per heavy atom. The molecule has 0 radical (unpaired) electrons. The summed E-state index contributed by atoms with van der Waals surface area (Å²) in [7, 11) is 1.92. The summed E-state index contributed by atoms with van der Waals surface area (Å²) in [5, 5.41) is 15.8. The largest absolute Gasteiger partial charge is 0.354 e. The molecule has 134 valence electrons. The van der Waals surface area contributed by atoms with Gasteiger partial charge in [-0.25, -0.2) is 0 Å². The first-order valence-corrected chi connectivity index (χ1v) is 8.84. The van der Waals surface area contributed by atoms with E-state index in [0.717, 1.165) is 42.2 Å². The quantitative estimate of drug-likeness (QED) is 0.900. The van der Waals surface area contributed by atoms with Gasteiger partial charge in [0.25, 0.3) is 0 Å². The Hall–Kier alpha value is -2.15. The van der Waals surface area contributed by atoms with Crippen LogP contribution in [-0.2, 0) is 18.4 Å². The summed E-state index contributed by atoms with van der Waals surface area (Å²) >= 11 is 5.79. The number of nitrogens with one attached hydrogen (secondary N) is 1. The molecule has 1 fully saturated rings. The van der Waals surface area contributed by atoms with Crippen LogP contribution in [0.5, 0.6) is 0 Å². The first-order valence-electron chi connectivity index (χ1n) is 8.46. The number of aryl methyl sites for hydroxylation is 2. The molecule has 0 aliphatic carbocycles. The number of rotatable bonds is 4. The summed E-state index contributed by atoms with van der Waals surface area (Å²) in [6.07, 6.45) is 1.84. The normalized spacial score (nSPS) is 17.6. The van der Waals surface area contributed by atoms with Crippen molar-refractivity contribution in [2.24, 2.45) is 13.0 Å². The first-order chi connectivity index (χ1) is 12.0. The molecule has 1 amide bonds. The van der Waals surface area contributed by atoms with Gasteiger partial charge in [0.15, 0.2) is 11.0 Å². The third-order valence-electron chi connectivity index (χ3n) is 4.83. The fourth-order valence-corrected chi connectivity index (χ4v) is 3.37. The molecule has 7 nitrogen and oxygen atoms in total. The predicted octanol–water partition coefficient (Wildman–Crippen LogP) is 2.01. The van der Waals surface area contributed by atoms with Gasteiger partial charge in [-0.3, -0.25) is 9.48 Å². The van der Waals surface area contributed by atoms with Gasteiger partial charge in [0.1, 0.15) is 0 Å². The van der Waals surface area contributed by atoms with Crippen molar-refractivity contribution >= 4 is 23.3 Å². The molecule has 0 spiro atoms. The lowest BCUT2D eigenvalue weighted by Gasteiger charge is -2.32. The standard InChI is InChI=1S/C17H23ClN6O/c1-11-14(12(2)23(3)22-11)9-19-17(25)13-5-4-8-24(10-13)16-7-6-15(18)20-21-16/h6-7,13H,4-5,8-10H2,1-3H3,(H,19,25)/t13-/m1/s1. The number of aromatic nitrogens is 4. The number of hydrogen-bond acceptors (Lipinski definition) is 5. The highest BCUT2D eigenvalue weighted by Gasteiger charge is 2.27. The van der Waals surface area contributed by atoms with Gasteiger partial charge in [0, 0.05) is 37.9 Å². The van der Waals surface area contributed by atoms with Crippen molar-refractivity contribution in [3.05, 3.63) is 34.2 Å². The maximum absolute atomic E-state index is 12.6. The molecule has 1 atom stereocenters. The minimum atomic E-state index is -0.0523. The molecule has 2 aromatic heterocycles. The number of anilines is 1. The van der Waals surface area contributed by atoms with Crippen LogP contribution in [0.2, 0.25) is 5.15 Å².